The fourth-order valence-corrected chi connectivity index (χ4v) is 4.86. The number of carbonyl (C=O) groups excluding carboxylic acids is 1. The third kappa shape index (κ3) is 6.14. The van der Waals surface area contributed by atoms with Crippen molar-refractivity contribution in [3.05, 3.63) is 53.8 Å². The van der Waals surface area contributed by atoms with E-state index < -0.39 is 5.41 Å². The first-order chi connectivity index (χ1) is 16.6. The van der Waals surface area contributed by atoms with E-state index in [2.05, 4.69) is 10.2 Å². The van der Waals surface area contributed by atoms with Crippen LogP contribution in [0.4, 0.5) is 4.39 Å². The molecule has 34 heavy (non-hydrogen) atoms. The van der Waals surface area contributed by atoms with Crippen LogP contribution >= 0.6 is 0 Å². The Morgan fingerprint density at radius 2 is 1.76 bits per heavy atom. The van der Waals surface area contributed by atoms with E-state index in [0.717, 1.165) is 50.4 Å². The van der Waals surface area contributed by atoms with E-state index >= 15 is 0 Å². The lowest BCUT2D eigenvalue weighted by Crippen LogP contribution is -2.47. The number of morpholine rings is 1. The minimum absolute atomic E-state index is 0.119. The maximum atomic E-state index is 13.8. The van der Waals surface area contributed by atoms with Gasteiger partial charge >= 0.3 is 0 Å². The maximum Gasteiger partial charge on any atom is 0.226 e. The van der Waals surface area contributed by atoms with E-state index in [0.29, 0.717) is 50.3 Å². The maximum absolute atomic E-state index is 13.8. The van der Waals surface area contributed by atoms with E-state index in [1.165, 1.54) is 12.1 Å². The number of ether oxygens (including phenoxy) is 3. The number of carbonyl (C=O) groups is 1. The first kappa shape index (κ1) is 24.6. The standard InChI is InChI=1S/C27H35FN2O4/c1-32-25-8-7-23(28)19-24(25)22-5-3-21(4-6-22)20-27(9-15-33-16-10-27)26(31)29-11-2-12-30-13-17-34-18-14-30/h3-8,19H,2,9-18,20H2,1H3,(H,29,31). The van der Waals surface area contributed by atoms with Crippen LogP contribution in [0.15, 0.2) is 42.5 Å². The Kier molecular flexibility index (Phi) is 8.53. The number of rotatable bonds is 9. The van der Waals surface area contributed by atoms with Gasteiger partial charge in [0.1, 0.15) is 11.6 Å². The van der Waals surface area contributed by atoms with Crippen molar-refractivity contribution in [1.29, 1.82) is 0 Å². The minimum atomic E-state index is -0.463. The largest absolute Gasteiger partial charge is 0.496 e. The Morgan fingerprint density at radius 3 is 2.47 bits per heavy atom. The molecule has 2 heterocycles. The lowest BCUT2D eigenvalue weighted by molar-refractivity contribution is -0.136. The van der Waals surface area contributed by atoms with Crippen molar-refractivity contribution in [3.8, 4) is 16.9 Å². The van der Waals surface area contributed by atoms with Crippen molar-refractivity contribution in [3.63, 3.8) is 0 Å². The van der Waals surface area contributed by atoms with Crippen LogP contribution in [0.3, 0.4) is 0 Å². The van der Waals surface area contributed by atoms with Gasteiger partial charge in [-0.05, 0) is 61.6 Å². The second-order valence-corrected chi connectivity index (χ2v) is 9.17. The molecule has 7 heteroatoms. The summed E-state index contributed by atoms with van der Waals surface area (Å²) in [6, 6.07) is 12.5. The molecule has 1 amide bonds. The molecule has 2 aromatic rings. The van der Waals surface area contributed by atoms with Gasteiger partial charge in [0.05, 0.1) is 25.7 Å². The van der Waals surface area contributed by atoms with Crippen molar-refractivity contribution in [1.82, 2.24) is 10.2 Å². The summed E-state index contributed by atoms with van der Waals surface area (Å²) in [5.41, 5.74) is 2.22. The van der Waals surface area contributed by atoms with E-state index in [1.54, 1.807) is 13.2 Å². The summed E-state index contributed by atoms with van der Waals surface area (Å²) < 4.78 is 30.2. The zero-order valence-electron chi connectivity index (χ0n) is 20.0. The van der Waals surface area contributed by atoms with Gasteiger partial charge in [-0.1, -0.05) is 24.3 Å². The highest BCUT2D eigenvalue weighted by atomic mass is 19.1. The van der Waals surface area contributed by atoms with Crippen molar-refractivity contribution in [2.45, 2.75) is 25.7 Å². The van der Waals surface area contributed by atoms with Gasteiger partial charge in [-0.25, -0.2) is 4.39 Å². The molecule has 0 radical (unpaired) electrons. The summed E-state index contributed by atoms with van der Waals surface area (Å²) in [7, 11) is 1.58. The van der Waals surface area contributed by atoms with Crippen molar-refractivity contribution < 1.29 is 23.4 Å². The van der Waals surface area contributed by atoms with Gasteiger partial charge in [-0.2, -0.15) is 0 Å². The lowest BCUT2D eigenvalue weighted by Gasteiger charge is -2.36. The van der Waals surface area contributed by atoms with Crippen LogP contribution in [0.2, 0.25) is 0 Å². The number of hydrogen-bond acceptors (Lipinski definition) is 5. The predicted octanol–water partition coefficient (Wildman–Crippen LogP) is 3.68. The fraction of sp³-hybridized carbons (Fsp3) is 0.519. The van der Waals surface area contributed by atoms with Crippen LogP contribution in [0.25, 0.3) is 11.1 Å². The van der Waals surface area contributed by atoms with Crippen molar-refractivity contribution >= 4 is 5.91 Å². The molecule has 0 atom stereocenters. The molecule has 0 spiro atoms. The number of hydrogen-bond donors (Lipinski definition) is 1. The second-order valence-electron chi connectivity index (χ2n) is 9.17. The topological polar surface area (TPSA) is 60.0 Å². The highest BCUT2D eigenvalue weighted by Gasteiger charge is 2.39. The van der Waals surface area contributed by atoms with E-state index in [4.69, 9.17) is 14.2 Å². The summed E-state index contributed by atoms with van der Waals surface area (Å²) in [6.45, 7) is 6.36. The Hall–Kier alpha value is -2.48. The monoisotopic (exact) mass is 470 g/mol. The average Bonchev–Trinajstić information content (AvgIpc) is 2.88. The molecule has 0 saturated carbocycles. The number of nitrogens with zero attached hydrogens (tertiary/aromatic N) is 1. The van der Waals surface area contributed by atoms with E-state index in [9.17, 15) is 9.18 Å². The average molecular weight is 471 g/mol. The van der Waals surface area contributed by atoms with Gasteiger partial charge in [0.2, 0.25) is 5.91 Å². The first-order valence-electron chi connectivity index (χ1n) is 12.2. The van der Waals surface area contributed by atoms with Gasteiger partial charge < -0.3 is 19.5 Å². The molecule has 2 aromatic carbocycles. The first-order valence-corrected chi connectivity index (χ1v) is 12.2. The Bertz CT molecular complexity index is 938. The summed E-state index contributed by atoms with van der Waals surface area (Å²) >= 11 is 0. The molecule has 2 saturated heterocycles. The highest BCUT2D eigenvalue weighted by Crippen LogP contribution is 2.36. The van der Waals surface area contributed by atoms with Gasteiger partial charge in [-0.3, -0.25) is 9.69 Å². The van der Waals surface area contributed by atoms with Crippen molar-refractivity contribution in [2.24, 2.45) is 5.41 Å². The number of benzene rings is 2. The summed E-state index contributed by atoms with van der Waals surface area (Å²) in [6.07, 6.45) is 3.01. The van der Waals surface area contributed by atoms with Crippen LogP contribution in [0.5, 0.6) is 5.75 Å². The molecule has 2 fully saturated rings. The van der Waals surface area contributed by atoms with Gasteiger partial charge in [0.15, 0.2) is 0 Å². The van der Waals surface area contributed by atoms with E-state index in [-0.39, 0.29) is 11.7 Å². The van der Waals surface area contributed by atoms with Crippen LogP contribution < -0.4 is 10.1 Å². The minimum Gasteiger partial charge on any atom is -0.496 e. The normalized spacial score (nSPS) is 18.4. The highest BCUT2D eigenvalue weighted by molar-refractivity contribution is 5.83. The smallest absolute Gasteiger partial charge is 0.226 e. The Balaban J connectivity index is 1.39. The molecule has 0 bridgehead atoms. The molecule has 2 aliphatic rings. The van der Waals surface area contributed by atoms with Crippen LogP contribution in [0, 0.1) is 11.2 Å². The predicted molar refractivity (Wildman–Crippen MR) is 129 cm³/mol. The van der Waals surface area contributed by atoms with Crippen LogP contribution in [0.1, 0.15) is 24.8 Å². The second kappa shape index (κ2) is 11.8. The Labute approximate surface area is 201 Å². The molecule has 6 nitrogen and oxygen atoms in total. The van der Waals surface area contributed by atoms with Gasteiger partial charge in [0, 0.05) is 38.4 Å². The zero-order valence-corrected chi connectivity index (χ0v) is 20.0. The summed E-state index contributed by atoms with van der Waals surface area (Å²) in [5.74, 6) is 0.450. The Morgan fingerprint density at radius 1 is 1.06 bits per heavy atom. The third-order valence-corrected chi connectivity index (χ3v) is 6.94. The zero-order chi connectivity index (χ0) is 23.8. The number of amides is 1. The van der Waals surface area contributed by atoms with Crippen LogP contribution in [-0.2, 0) is 20.7 Å². The molecular weight excluding hydrogens is 435 g/mol. The summed E-state index contributed by atoms with van der Waals surface area (Å²) in [5, 5.41) is 3.20. The van der Waals surface area contributed by atoms with Crippen LogP contribution in [-0.4, -0.2) is 70.5 Å². The van der Waals surface area contributed by atoms with Gasteiger partial charge in [0.25, 0.3) is 0 Å². The third-order valence-electron chi connectivity index (χ3n) is 6.94. The quantitative estimate of drug-likeness (QED) is 0.567. The lowest BCUT2D eigenvalue weighted by atomic mass is 9.74. The molecular formula is C27H35FN2O4. The number of methoxy groups -OCH3 is 1. The van der Waals surface area contributed by atoms with Crippen molar-refractivity contribution in [2.75, 3.05) is 59.7 Å². The molecule has 2 aliphatic heterocycles. The number of nitrogens with one attached hydrogen (secondary N) is 1. The molecule has 1 N–H and O–H groups in total. The molecule has 0 unspecified atom stereocenters. The fourth-order valence-electron chi connectivity index (χ4n) is 4.86. The van der Waals surface area contributed by atoms with E-state index in [1.807, 2.05) is 24.3 Å². The molecule has 4 rings (SSSR count). The van der Waals surface area contributed by atoms with Gasteiger partial charge in [-0.15, -0.1) is 0 Å². The molecule has 0 aliphatic carbocycles. The molecule has 184 valence electrons. The number of halogens is 1. The summed E-state index contributed by atoms with van der Waals surface area (Å²) in [4.78, 5) is 15.7. The molecule has 0 aromatic heterocycles. The SMILES string of the molecule is COc1ccc(F)cc1-c1ccc(CC2(C(=O)NCCCN3CCOCC3)CCOCC2)cc1.